The molecule has 20 aliphatic rings. The van der Waals surface area contributed by atoms with Crippen LogP contribution >= 0.6 is 0 Å². The molecule has 1 aromatic carbocycles. The number of aliphatic hydroxyl groups excluding tert-OH is 2. The van der Waals surface area contributed by atoms with Crippen molar-refractivity contribution in [1.29, 1.82) is 0 Å². The van der Waals surface area contributed by atoms with Crippen LogP contribution in [-0.4, -0.2) is 366 Å². The molecule has 2 aromatic rings. The van der Waals surface area contributed by atoms with Crippen molar-refractivity contribution in [3.8, 4) is 0 Å². The molecule has 13 N–H and O–H groups in total. The number of aliphatic hydroxyl groups is 2. The van der Waals surface area contributed by atoms with Crippen LogP contribution in [0.1, 0.15) is 265 Å². The standard InChI is InChI=1S/C28H39N5O7.C20H33N5O5.C9H9N3O.C9H13NO2.C8H13NO3S.C7H11NO2.C7H10NO2.2C7H9NO/c1-17(2)21(29)24(36)32-16-28(26(32)38)12-8-14-33(28)23(35)20-11-7-13-31(20)25(37)22(18(3)34)30-27(39)40-15-19-9-5-4-6-10-19;1-11(2)14(21)17(28)24-10-20(19(24)30)7-5-9-25(20)16(27)13-6-4-8-23(13)18(29)15(22)12(3)26;13-8-9(5-11-8)4-6-2-1-3-10-7(6)12-9;1-7(11)10-6-2-4-9(10)5-3-8(9)12;1-13(11,12)9-6-2-4-8(9)5-3-7(8)10;2*9-6-2-4-7(6)3-1-5-8(7)10;2*9-6-2-4-7(6)3-1-5-8-7/h4-6,9-10,17-18,20-22,34H,7-8,11-16,29H2,1-3H3,(H,30,39);11-15,26H,4-10,21-22H2,1-3H3;1-3H,4-5H2,(H,10,12)(H,11,13);2-6H2,1H3;2-6H2,1H3;10H,1-5H2;1-5H2;2*5H,1-4H2/q;;;;;;-1;;/p+1. The highest BCUT2D eigenvalue weighted by Gasteiger charge is 2.66. The smallest absolute Gasteiger partial charge is 0.408 e. The van der Waals surface area contributed by atoms with Crippen molar-refractivity contribution < 1.29 is 115 Å². The Morgan fingerprint density at radius 1 is 0.534 bits per heavy atom. The predicted octanol–water partition coefficient (Wildman–Crippen LogP) is 0.798. The monoisotopic (exact) mass is 2050 g/mol. The lowest BCUT2D eigenvalue weighted by Crippen LogP contribution is -2.88. The number of anilines is 1. The second-order valence-corrected chi connectivity index (χ2v) is 45.5. The number of hydrogen-bond acceptors (Lipinski definition) is 32. The SMILES string of the molecule is CC(=O)N1CCCC12CCC2=O.CC(C)C(N)C(=O)N1CC2(CCCN2C(=O)C2CCCN2C(=O)C(N)C(C)O)C1=O.CC(C)C(N)C(=O)N1CC2(CCCN2C(=O)C2CCCN2C(=O)C(NC(=O)OCc2ccccc2)C(C)O)C1=O.CS(=O)(=O)N1CCCC12CCC2=O.O=C1CCC12CCC=N2.O=C1CCC12CCC=[NH+]2.O=C1CCC12CCCN2O.O=C1CCC12CCCN2[O-].O=C1NCC12Cc1cccnc1N2. The average molecular weight is 2060 g/mol. The number of benzene rings is 1. The number of hydroxylamine groups is 4. The van der Waals surface area contributed by atoms with Gasteiger partial charge in [-0.3, -0.25) is 91.5 Å². The number of nitrogens with zero attached hydrogens (tertiary/aromatic N) is 12. The third-order valence-electron chi connectivity index (χ3n) is 34.0. The summed E-state index contributed by atoms with van der Waals surface area (Å²) in [5, 5.41) is 50.9. The lowest BCUT2D eigenvalue weighted by Gasteiger charge is -2.51. The molecule has 11 amide bonds. The Hall–Kier alpha value is -10.6. The zero-order valence-electron chi connectivity index (χ0n) is 85.3. The molecule has 43 nitrogen and oxygen atoms in total. The first-order chi connectivity index (χ1) is 69.1. The quantitative estimate of drug-likeness (QED) is 0.117. The van der Waals surface area contributed by atoms with Gasteiger partial charge in [0.15, 0.2) is 28.9 Å². The number of imide groups is 2. The molecule has 0 bridgehead atoms. The molecule has 1 aromatic heterocycles. The molecule has 6 aliphatic carbocycles. The van der Waals surface area contributed by atoms with Gasteiger partial charge in [0, 0.05) is 129 Å². The number of hydrogen-bond donors (Lipinski definition) is 10. The Bertz CT molecular complexity index is 5450. The van der Waals surface area contributed by atoms with Crippen LogP contribution in [0.2, 0.25) is 0 Å². The van der Waals surface area contributed by atoms with Crippen molar-refractivity contribution in [1.82, 2.24) is 64.3 Å². The zero-order valence-corrected chi connectivity index (χ0v) is 86.1. The number of β-lactam (4-membered cyclic amide) rings is 3. The molecule has 11 saturated heterocycles. The zero-order chi connectivity index (χ0) is 106. The van der Waals surface area contributed by atoms with E-state index in [0.29, 0.717) is 134 Å². The van der Waals surface area contributed by atoms with Crippen molar-refractivity contribution in [3.05, 3.63) is 65.0 Å². The second kappa shape index (κ2) is 44.7. The number of likely N-dealkylation sites (tertiary alicyclic amines) is 7. The number of fused-ring (bicyclic) bond motifs is 1. The summed E-state index contributed by atoms with van der Waals surface area (Å²) in [6, 6.07) is 7.40. The third kappa shape index (κ3) is 21.3. The van der Waals surface area contributed by atoms with Crippen LogP contribution < -0.4 is 38.1 Å². The molecule has 15 heterocycles. The highest BCUT2D eigenvalue weighted by molar-refractivity contribution is 7.88. The van der Waals surface area contributed by atoms with Gasteiger partial charge in [-0.1, -0.05) is 64.1 Å². The number of pyridine rings is 1. The van der Waals surface area contributed by atoms with Gasteiger partial charge >= 0.3 is 6.09 Å². The van der Waals surface area contributed by atoms with Gasteiger partial charge in [-0.25, -0.2) is 23.2 Å². The van der Waals surface area contributed by atoms with Crippen LogP contribution in [0.4, 0.5) is 10.6 Å². The van der Waals surface area contributed by atoms with Gasteiger partial charge in [0.05, 0.1) is 61.3 Å². The van der Waals surface area contributed by atoms with Crippen molar-refractivity contribution in [2.75, 3.05) is 83.6 Å². The predicted molar refractivity (Wildman–Crippen MR) is 528 cm³/mol. The summed E-state index contributed by atoms with van der Waals surface area (Å²) in [7, 11) is -3.19. The fraction of sp³-hybridized carbons (Fsp3) is 0.706. The van der Waals surface area contributed by atoms with E-state index in [-0.39, 0.29) is 113 Å². The van der Waals surface area contributed by atoms with E-state index in [9.17, 15) is 111 Å². The number of alkyl carbamates (subject to hydrolysis) is 1. The maximum absolute atomic E-state index is 13.8. The molecule has 6 saturated carbocycles. The number of rotatable bonds is 14. The van der Waals surface area contributed by atoms with Crippen molar-refractivity contribution in [2.45, 2.75) is 365 Å². The molecule has 22 rings (SSSR count). The van der Waals surface area contributed by atoms with Crippen LogP contribution in [0.15, 0.2) is 53.7 Å². The number of ether oxygens (including phenoxy) is 1. The maximum atomic E-state index is 13.8. The van der Waals surface area contributed by atoms with Crippen LogP contribution in [-0.2, 0) is 105 Å². The summed E-state index contributed by atoms with van der Waals surface area (Å²) in [6.45, 7) is 16.5. The van der Waals surface area contributed by atoms with E-state index < -0.39 is 122 Å². The van der Waals surface area contributed by atoms with Gasteiger partial charge in [0.2, 0.25) is 68.6 Å². The van der Waals surface area contributed by atoms with Gasteiger partial charge in [-0.15, -0.1) is 0 Å². The van der Waals surface area contributed by atoms with Gasteiger partial charge in [0.1, 0.15) is 76.0 Å². The molecule has 14 aliphatic heterocycles. The Morgan fingerprint density at radius 3 is 1.38 bits per heavy atom. The average Bonchev–Trinajstić information content (AvgIpc) is 1.51. The fourth-order valence-corrected chi connectivity index (χ4v) is 25.4. The van der Waals surface area contributed by atoms with E-state index >= 15 is 0 Å². The number of aliphatic imine (C=N–C) groups is 1. The molecule has 17 atom stereocenters. The summed E-state index contributed by atoms with van der Waals surface area (Å²) in [6.07, 6.45) is 29.1. The van der Waals surface area contributed by atoms with Crippen molar-refractivity contribution in [2.24, 2.45) is 34.0 Å². The third-order valence-corrected chi connectivity index (χ3v) is 35.4. The number of nitrogens with one attached hydrogen (secondary N) is 4. The Balaban J connectivity index is 0.000000138. The van der Waals surface area contributed by atoms with Crippen LogP contribution in [0.25, 0.3) is 0 Å². The highest BCUT2D eigenvalue weighted by Crippen LogP contribution is 2.49. The minimum Gasteiger partial charge on any atom is -0.784 e. The topological polar surface area (TPSA) is 603 Å². The Kier molecular flexibility index (Phi) is 34.0. The largest absolute Gasteiger partial charge is 0.784 e. The van der Waals surface area contributed by atoms with E-state index in [1.165, 1.54) is 44.2 Å². The first kappa shape index (κ1) is 111. The number of Topliss-reactive ketones (excluding diaryl/α,β-unsaturated/α-hetero) is 6. The molecule has 800 valence electrons. The number of carbonyl (C=O) groups excluding carboxylic acids is 17. The molecular formula is C102H147N19O24S. The summed E-state index contributed by atoms with van der Waals surface area (Å²) < 4.78 is 29.3. The number of aromatic nitrogens is 1. The number of amides is 11. The molecule has 17 fully saturated rings. The van der Waals surface area contributed by atoms with Crippen LogP contribution in [0, 0.1) is 17.0 Å². The van der Waals surface area contributed by atoms with E-state index in [1.807, 2.05) is 44.5 Å². The second-order valence-electron chi connectivity index (χ2n) is 43.6. The van der Waals surface area contributed by atoms with E-state index in [0.717, 1.165) is 173 Å². The molecule has 0 radical (unpaired) electrons. The van der Waals surface area contributed by atoms with E-state index in [1.54, 1.807) is 61.0 Å². The minimum absolute atomic E-state index is 0.00905. The maximum Gasteiger partial charge on any atom is 0.408 e. The normalized spacial score (nSPS) is 31.8. The van der Waals surface area contributed by atoms with Gasteiger partial charge in [0.25, 0.3) is 11.8 Å². The molecule has 9 spiro atoms. The van der Waals surface area contributed by atoms with Gasteiger partial charge in [-0.05, 0) is 197 Å². The van der Waals surface area contributed by atoms with E-state index in [4.69, 9.17) is 21.9 Å². The minimum atomic E-state index is -3.19. The first-order valence-corrected chi connectivity index (χ1v) is 54.0. The van der Waals surface area contributed by atoms with Crippen molar-refractivity contribution in [3.63, 3.8) is 0 Å². The fourth-order valence-electron chi connectivity index (χ4n) is 24.0. The summed E-state index contributed by atoms with van der Waals surface area (Å²) in [5.74, 6) is -1.09. The van der Waals surface area contributed by atoms with Gasteiger partial charge in [-0.2, -0.15) is 9.37 Å². The number of nitrogens with two attached hydrogens (primary N) is 3. The summed E-state index contributed by atoms with van der Waals surface area (Å²) in [4.78, 5) is 228. The number of ketones is 6. The van der Waals surface area contributed by atoms with Gasteiger partial charge < -0.3 is 88.1 Å². The first-order valence-electron chi connectivity index (χ1n) is 52.2. The number of sulfonamides is 1. The summed E-state index contributed by atoms with van der Waals surface area (Å²) in [5.41, 5.74) is 14.9. The lowest BCUT2D eigenvalue weighted by molar-refractivity contribution is -0.531. The van der Waals surface area contributed by atoms with Crippen LogP contribution in [0.5, 0.6) is 0 Å². The molecule has 44 heteroatoms. The van der Waals surface area contributed by atoms with E-state index in [2.05, 4.69) is 30.9 Å². The molecule has 17 unspecified atom stereocenters. The van der Waals surface area contributed by atoms with Crippen LogP contribution in [0.3, 0.4) is 0 Å². The van der Waals surface area contributed by atoms with Crippen molar-refractivity contribution >= 4 is 128 Å². The lowest BCUT2D eigenvalue weighted by atomic mass is 9.73. The Morgan fingerprint density at radius 2 is 1.03 bits per heavy atom. The Labute approximate surface area is 851 Å². The summed E-state index contributed by atoms with van der Waals surface area (Å²) >= 11 is 0. The molecular weight excluding hydrogens is 1910 g/mol. The highest BCUT2D eigenvalue weighted by atomic mass is 32.2. The molecule has 146 heavy (non-hydrogen) atoms. The number of carbonyl (C=O) groups is 17.